The summed E-state index contributed by atoms with van der Waals surface area (Å²) in [6.07, 6.45) is 1.22. The maximum Gasteiger partial charge on any atom is 0.331 e. The Kier molecular flexibility index (Phi) is 5.92. The second-order valence-electron chi connectivity index (χ2n) is 3.95. The molecule has 0 aromatic heterocycles. The molecule has 6 nitrogen and oxygen atoms in total. The van der Waals surface area contributed by atoms with Crippen LogP contribution in [0, 0.1) is 0 Å². The number of hydrogen-bond acceptors (Lipinski definition) is 6. The first kappa shape index (κ1) is 15.4. The SMILES string of the molecule is CCCOP(=O)(CCC)OC1COS(O)(O)C1. The molecule has 2 atom stereocenters. The van der Waals surface area contributed by atoms with E-state index in [2.05, 4.69) is 0 Å². The summed E-state index contributed by atoms with van der Waals surface area (Å²) in [5, 5.41) is 0. The minimum absolute atomic E-state index is 0.0316. The van der Waals surface area contributed by atoms with E-state index >= 15 is 0 Å². The van der Waals surface area contributed by atoms with Gasteiger partial charge in [0.1, 0.15) is 6.10 Å². The Morgan fingerprint density at radius 3 is 2.59 bits per heavy atom. The first-order valence-electron chi connectivity index (χ1n) is 5.73. The highest BCUT2D eigenvalue weighted by Crippen LogP contribution is 2.54. The molecule has 0 radical (unpaired) electrons. The number of rotatable bonds is 7. The van der Waals surface area contributed by atoms with Crippen LogP contribution in [0.5, 0.6) is 0 Å². The first-order valence-corrected chi connectivity index (χ1v) is 9.10. The molecule has 17 heavy (non-hydrogen) atoms. The standard InChI is InChI=1S/C9H21O6PS/c1-3-5-13-16(10,6-4-2)15-9-7-14-17(11,12)8-9/h9,11-12H,3-8H2,1-2H3. The van der Waals surface area contributed by atoms with Crippen molar-refractivity contribution in [2.45, 2.75) is 32.8 Å². The Balaban J connectivity index is 2.52. The summed E-state index contributed by atoms with van der Waals surface area (Å²) in [5.74, 6) is -0.0316. The fourth-order valence-corrected chi connectivity index (χ4v) is 4.57. The van der Waals surface area contributed by atoms with Crippen molar-refractivity contribution in [3.63, 3.8) is 0 Å². The van der Waals surface area contributed by atoms with E-state index in [1.165, 1.54) is 0 Å². The van der Waals surface area contributed by atoms with Crippen LogP contribution in [0.1, 0.15) is 26.7 Å². The molecule has 1 heterocycles. The van der Waals surface area contributed by atoms with Crippen molar-refractivity contribution in [2.24, 2.45) is 0 Å². The van der Waals surface area contributed by atoms with E-state index in [1.54, 1.807) is 0 Å². The lowest BCUT2D eigenvalue weighted by Crippen LogP contribution is -2.17. The molecule has 2 N–H and O–H groups in total. The molecular formula is C9H21O6PS. The molecule has 1 fully saturated rings. The molecule has 0 saturated carbocycles. The van der Waals surface area contributed by atoms with Gasteiger partial charge in [-0.25, -0.2) is 0 Å². The van der Waals surface area contributed by atoms with Gasteiger partial charge < -0.3 is 18.2 Å². The Bertz CT molecular complexity index is 285. The normalized spacial score (nSPS) is 28.8. The van der Waals surface area contributed by atoms with Gasteiger partial charge in [-0.2, -0.15) is 0 Å². The third-order valence-corrected chi connectivity index (χ3v) is 5.65. The lowest BCUT2D eigenvalue weighted by molar-refractivity contribution is 0.135. The van der Waals surface area contributed by atoms with Crippen LogP contribution in [0.15, 0.2) is 0 Å². The van der Waals surface area contributed by atoms with Gasteiger partial charge in [-0.05, 0) is 12.8 Å². The van der Waals surface area contributed by atoms with Crippen LogP contribution in [0.2, 0.25) is 0 Å². The summed E-state index contributed by atoms with van der Waals surface area (Å²) in [7, 11) is -6.14. The smallest absolute Gasteiger partial charge is 0.309 e. The van der Waals surface area contributed by atoms with Gasteiger partial charge in [0.2, 0.25) is 0 Å². The minimum Gasteiger partial charge on any atom is -0.309 e. The van der Waals surface area contributed by atoms with E-state index in [1.807, 2.05) is 13.8 Å². The predicted molar refractivity (Wildman–Crippen MR) is 67.5 cm³/mol. The van der Waals surface area contributed by atoms with Crippen LogP contribution in [-0.2, 0) is 17.8 Å². The van der Waals surface area contributed by atoms with Crippen molar-refractivity contribution < 1.29 is 26.9 Å². The molecule has 1 rings (SSSR count). The second-order valence-corrected chi connectivity index (χ2v) is 7.87. The van der Waals surface area contributed by atoms with Gasteiger partial charge in [0.15, 0.2) is 0 Å². The van der Waals surface area contributed by atoms with Crippen molar-refractivity contribution in [2.75, 3.05) is 25.1 Å². The molecule has 1 aliphatic rings. The van der Waals surface area contributed by atoms with Gasteiger partial charge in [0.05, 0.1) is 29.8 Å². The Morgan fingerprint density at radius 2 is 2.12 bits per heavy atom. The van der Waals surface area contributed by atoms with Crippen LogP contribution < -0.4 is 0 Å². The van der Waals surface area contributed by atoms with Crippen LogP contribution in [0.4, 0.5) is 0 Å². The van der Waals surface area contributed by atoms with Gasteiger partial charge in [-0.1, -0.05) is 13.8 Å². The van der Waals surface area contributed by atoms with Crippen molar-refractivity contribution in [3.05, 3.63) is 0 Å². The fourth-order valence-electron chi connectivity index (χ4n) is 1.46. The average Bonchev–Trinajstić information content (AvgIpc) is 2.55. The van der Waals surface area contributed by atoms with Crippen LogP contribution in [0.25, 0.3) is 0 Å². The summed E-state index contributed by atoms with van der Waals surface area (Å²) in [4.78, 5) is 0. The molecule has 8 heteroatoms. The van der Waals surface area contributed by atoms with Crippen LogP contribution >= 0.6 is 18.5 Å². The topological polar surface area (TPSA) is 85.2 Å². The molecule has 104 valence electrons. The van der Waals surface area contributed by atoms with Crippen molar-refractivity contribution >= 4 is 18.5 Å². The molecule has 0 spiro atoms. The highest BCUT2D eigenvalue weighted by atomic mass is 32.3. The highest BCUT2D eigenvalue weighted by Gasteiger charge is 2.38. The highest BCUT2D eigenvalue weighted by molar-refractivity contribution is 8.20. The Morgan fingerprint density at radius 1 is 1.41 bits per heavy atom. The van der Waals surface area contributed by atoms with E-state index in [4.69, 9.17) is 13.2 Å². The van der Waals surface area contributed by atoms with Gasteiger partial charge in [0.25, 0.3) is 0 Å². The van der Waals surface area contributed by atoms with Crippen molar-refractivity contribution in [1.29, 1.82) is 0 Å². The third kappa shape index (κ3) is 5.26. The van der Waals surface area contributed by atoms with Crippen molar-refractivity contribution in [1.82, 2.24) is 0 Å². The lowest BCUT2D eigenvalue weighted by atomic mass is 10.5. The Hall–Kier alpha value is 0.380. The second kappa shape index (κ2) is 6.52. The average molecular weight is 288 g/mol. The summed E-state index contributed by atoms with van der Waals surface area (Å²) in [6, 6.07) is 0. The molecule has 0 amide bonds. The van der Waals surface area contributed by atoms with E-state index in [0.717, 1.165) is 6.42 Å². The summed E-state index contributed by atoms with van der Waals surface area (Å²) < 4.78 is 46.3. The zero-order valence-corrected chi connectivity index (χ0v) is 11.9. The van der Waals surface area contributed by atoms with Gasteiger partial charge in [0, 0.05) is 6.16 Å². The summed E-state index contributed by atoms with van der Waals surface area (Å²) in [5.41, 5.74) is 0. The maximum atomic E-state index is 12.3. The molecule has 0 aromatic rings. The molecule has 1 aliphatic heterocycles. The summed E-state index contributed by atoms with van der Waals surface area (Å²) in [6.45, 7) is 4.24. The third-order valence-electron chi connectivity index (χ3n) is 2.14. The first-order chi connectivity index (χ1) is 7.91. The van der Waals surface area contributed by atoms with Crippen molar-refractivity contribution in [3.8, 4) is 0 Å². The van der Waals surface area contributed by atoms with E-state index in [0.29, 0.717) is 19.2 Å². The molecule has 2 unspecified atom stereocenters. The van der Waals surface area contributed by atoms with Crippen LogP contribution in [0.3, 0.4) is 0 Å². The zero-order valence-electron chi connectivity index (χ0n) is 10.2. The number of hydrogen-bond donors (Lipinski definition) is 2. The zero-order chi connectivity index (χ0) is 12.9. The summed E-state index contributed by atoms with van der Waals surface area (Å²) >= 11 is 0. The lowest BCUT2D eigenvalue weighted by Gasteiger charge is -2.21. The van der Waals surface area contributed by atoms with Gasteiger partial charge >= 0.3 is 7.60 Å². The van der Waals surface area contributed by atoms with E-state index in [-0.39, 0.29) is 12.4 Å². The maximum absolute atomic E-state index is 12.3. The molecule has 1 saturated heterocycles. The van der Waals surface area contributed by atoms with Gasteiger partial charge in [-0.15, -0.1) is 0 Å². The largest absolute Gasteiger partial charge is 0.331 e. The van der Waals surface area contributed by atoms with Gasteiger partial charge in [-0.3, -0.25) is 8.75 Å². The molecule has 0 aromatic carbocycles. The molecule has 0 bridgehead atoms. The monoisotopic (exact) mass is 288 g/mol. The minimum atomic E-state index is -3.13. The van der Waals surface area contributed by atoms with E-state index < -0.39 is 24.6 Å². The quantitative estimate of drug-likeness (QED) is 0.700. The fraction of sp³-hybridized carbons (Fsp3) is 1.00. The Labute approximate surface area is 104 Å². The van der Waals surface area contributed by atoms with E-state index in [9.17, 15) is 13.7 Å². The predicted octanol–water partition coefficient (Wildman–Crippen LogP) is 3.10. The molecular weight excluding hydrogens is 267 g/mol. The van der Waals surface area contributed by atoms with Crippen LogP contribution in [-0.4, -0.2) is 40.3 Å². The molecule has 0 aliphatic carbocycles.